The Morgan fingerprint density at radius 2 is 1.82 bits per heavy atom. The van der Waals surface area contributed by atoms with Crippen molar-refractivity contribution >= 4 is 23.4 Å². The molecule has 1 fully saturated rings. The van der Waals surface area contributed by atoms with Gasteiger partial charge in [-0.15, -0.1) is 0 Å². The van der Waals surface area contributed by atoms with Crippen LogP contribution in [0.15, 0.2) is 24.3 Å². The molecule has 1 saturated carbocycles. The number of carbonyl (C=O) groups is 2. The minimum Gasteiger partial charge on any atom is -0.354 e. The average Bonchev–Trinajstić information content (AvgIpc) is 2.54. The van der Waals surface area contributed by atoms with Gasteiger partial charge in [-0.1, -0.05) is 30.9 Å². The lowest BCUT2D eigenvalue weighted by Gasteiger charge is -2.23. The first kappa shape index (κ1) is 16.8. The van der Waals surface area contributed by atoms with E-state index in [1.54, 1.807) is 31.2 Å². The van der Waals surface area contributed by atoms with Crippen molar-refractivity contribution < 1.29 is 9.59 Å². The van der Waals surface area contributed by atoms with Gasteiger partial charge in [-0.3, -0.25) is 9.59 Å². The van der Waals surface area contributed by atoms with Crippen LogP contribution >= 0.6 is 11.6 Å². The maximum Gasteiger partial charge on any atom is 0.251 e. The molecule has 2 amide bonds. The Morgan fingerprint density at radius 3 is 2.45 bits per heavy atom. The molecule has 0 aliphatic heterocycles. The summed E-state index contributed by atoms with van der Waals surface area (Å²) in [5, 5.41) is 6.23. The number of halogens is 1. The second kappa shape index (κ2) is 8.18. The molecule has 0 radical (unpaired) electrons. The predicted octanol–water partition coefficient (Wildman–Crippen LogP) is 3.15. The molecule has 1 atom stereocenters. The van der Waals surface area contributed by atoms with Crippen LogP contribution in [0, 0.1) is 5.92 Å². The summed E-state index contributed by atoms with van der Waals surface area (Å²) >= 11 is 5.79. The number of rotatable bonds is 5. The van der Waals surface area contributed by atoms with Gasteiger partial charge in [0.25, 0.3) is 5.91 Å². The summed E-state index contributed by atoms with van der Waals surface area (Å²) in [4.78, 5) is 24.1. The van der Waals surface area contributed by atoms with E-state index in [9.17, 15) is 9.59 Å². The van der Waals surface area contributed by atoms with Crippen LogP contribution in [0.1, 0.15) is 49.4 Å². The molecule has 0 bridgehead atoms. The van der Waals surface area contributed by atoms with E-state index in [4.69, 9.17) is 11.6 Å². The first-order valence-electron chi connectivity index (χ1n) is 7.90. The number of hydrogen-bond donors (Lipinski definition) is 2. The average molecular weight is 323 g/mol. The summed E-state index contributed by atoms with van der Waals surface area (Å²) in [6.07, 6.45) is 6.18. The Morgan fingerprint density at radius 1 is 1.18 bits per heavy atom. The second-order valence-electron chi connectivity index (χ2n) is 5.95. The Kier molecular flexibility index (Phi) is 6.25. The van der Waals surface area contributed by atoms with Crippen molar-refractivity contribution in [3.05, 3.63) is 34.9 Å². The molecule has 1 unspecified atom stereocenters. The van der Waals surface area contributed by atoms with Gasteiger partial charge in [-0.25, -0.2) is 0 Å². The van der Waals surface area contributed by atoms with E-state index < -0.39 is 6.04 Å². The van der Waals surface area contributed by atoms with Crippen LogP contribution < -0.4 is 10.6 Å². The van der Waals surface area contributed by atoms with Gasteiger partial charge in [0.05, 0.1) is 0 Å². The van der Waals surface area contributed by atoms with E-state index in [-0.39, 0.29) is 11.8 Å². The minimum atomic E-state index is -0.549. The van der Waals surface area contributed by atoms with Gasteiger partial charge >= 0.3 is 0 Å². The SMILES string of the molecule is CC(NC(=O)c1ccc(Cl)cc1)C(=O)NCC1CCCCC1. The smallest absolute Gasteiger partial charge is 0.251 e. The van der Waals surface area contributed by atoms with Crippen molar-refractivity contribution in [2.24, 2.45) is 5.92 Å². The van der Waals surface area contributed by atoms with E-state index in [1.165, 1.54) is 32.1 Å². The lowest BCUT2D eigenvalue weighted by Crippen LogP contribution is -2.46. The van der Waals surface area contributed by atoms with Crippen LogP contribution in [-0.4, -0.2) is 24.4 Å². The zero-order valence-electron chi connectivity index (χ0n) is 12.9. The maximum absolute atomic E-state index is 12.1. The molecule has 120 valence electrons. The fourth-order valence-corrected chi connectivity index (χ4v) is 2.86. The Hall–Kier alpha value is -1.55. The van der Waals surface area contributed by atoms with E-state index in [1.807, 2.05) is 0 Å². The van der Waals surface area contributed by atoms with Crippen LogP contribution in [-0.2, 0) is 4.79 Å². The van der Waals surface area contributed by atoms with Crippen molar-refractivity contribution in [2.45, 2.75) is 45.1 Å². The van der Waals surface area contributed by atoms with E-state index in [0.717, 1.165) is 0 Å². The normalized spacial score (nSPS) is 16.8. The minimum absolute atomic E-state index is 0.132. The Labute approximate surface area is 136 Å². The molecule has 4 nitrogen and oxygen atoms in total. The summed E-state index contributed by atoms with van der Waals surface area (Å²) in [5.41, 5.74) is 0.497. The molecular weight excluding hydrogens is 300 g/mol. The highest BCUT2D eigenvalue weighted by atomic mass is 35.5. The third-order valence-electron chi connectivity index (χ3n) is 4.14. The standard InChI is InChI=1S/C17H23ClN2O2/c1-12(16(21)19-11-13-5-3-2-4-6-13)20-17(22)14-7-9-15(18)10-8-14/h7-10,12-13H,2-6,11H2,1H3,(H,19,21)(H,20,22). The van der Waals surface area contributed by atoms with Crippen LogP contribution in [0.5, 0.6) is 0 Å². The number of nitrogens with one attached hydrogen (secondary N) is 2. The summed E-state index contributed by atoms with van der Waals surface area (Å²) in [5.74, 6) is 0.182. The first-order valence-corrected chi connectivity index (χ1v) is 8.28. The zero-order valence-corrected chi connectivity index (χ0v) is 13.7. The quantitative estimate of drug-likeness (QED) is 0.875. The third-order valence-corrected chi connectivity index (χ3v) is 4.39. The molecule has 2 N–H and O–H groups in total. The van der Waals surface area contributed by atoms with E-state index in [0.29, 0.717) is 23.0 Å². The van der Waals surface area contributed by atoms with Gasteiger partial charge in [0.2, 0.25) is 5.91 Å². The number of carbonyl (C=O) groups excluding carboxylic acids is 2. The van der Waals surface area contributed by atoms with Crippen molar-refractivity contribution in [1.82, 2.24) is 10.6 Å². The second-order valence-corrected chi connectivity index (χ2v) is 6.39. The van der Waals surface area contributed by atoms with E-state index in [2.05, 4.69) is 10.6 Å². The summed E-state index contributed by atoms with van der Waals surface area (Å²) < 4.78 is 0. The molecule has 22 heavy (non-hydrogen) atoms. The molecule has 0 aromatic heterocycles. The lowest BCUT2D eigenvalue weighted by molar-refractivity contribution is -0.122. The van der Waals surface area contributed by atoms with Crippen LogP contribution in [0.3, 0.4) is 0 Å². The number of benzene rings is 1. The molecular formula is C17H23ClN2O2. The molecule has 0 heterocycles. The van der Waals surface area contributed by atoms with E-state index >= 15 is 0 Å². The molecule has 5 heteroatoms. The zero-order chi connectivity index (χ0) is 15.9. The highest BCUT2D eigenvalue weighted by molar-refractivity contribution is 6.30. The fraction of sp³-hybridized carbons (Fsp3) is 0.529. The maximum atomic E-state index is 12.1. The van der Waals surface area contributed by atoms with Crippen molar-refractivity contribution in [3.8, 4) is 0 Å². The van der Waals surface area contributed by atoms with Crippen LogP contribution in [0.2, 0.25) is 5.02 Å². The highest BCUT2D eigenvalue weighted by Crippen LogP contribution is 2.22. The molecule has 0 spiro atoms. The summed E-state index contributed by atoms with van der Waals surface area (Å²) in [7, 11) is 0. The fourth-order valence-electron chi connectivity index (χ4n) is 2.74. The molecule has 1 aliphatic carbocycles. The molecule has 1 aromatic carbocycles. The lowest BCUT2D eigenvalue weighted by atomic mass is 9.89. The highest BCUT2D eigenvalue weighted by Gasteiger charge is 2.19. The molecule has 0 saturated heterocycles. The molecule has 1 aliphatic rings. The van der Waals surface area contributed by atoms with Crippen LogP contribution in [0.4, 0.5) is 0 Å². The van der Waals surface area contributed by atoms with Gasteiger partial charge in [0.15, 0.2) is 0 Å². The monoisotopic (exact) mass is 322 g/mol. The largest absolute Gasteiger partial charge is 0.354 e. The van der Waals surface area contributed by atoms with Crippen molar-refractivity contribution in [1.29, 1.82) is 0 Å². The third kappa shape index (κ3) is 5.02. The first-order chi connectivity index (χ1) is 10.6. The van der Waals surface area contributed by atoms with Crippen LogP contribution in [0.25, 0.3) is 0 Å². The Bertz CT molecular complexity index is 510. The van der Waals surface area contributed by atoms with Gasteiger partial charge in [0.1, 0.15) is 6.04 Å². The Balaban J connectivity index is 1.77. The van der Waals surface area contributed by atoms with Gasteiger partial charge in [0, 0.05) is 17.1 Å². The van der Waals surface area contributed by atoms with Gasteiger partial charge in [-0.2, -0.15) is 0 Å². The van der Waals surface area contributed by atoms with Gasteiger partial charge < -0.3 is 10.6 Å². The molecule has 1 aromatic rings. The summed E-state index contributed by atoms with van der Waals surface area (Å²) in [6.45, 7) is 2.41. The van der Waals surface area contributed by atoms with Gasteiger partial charge in [-0.05, 0) is 49.9 Å². The number of hydrogen-bond acceptors (Lipinski definition) is 2. The van der Waals surface area contributed by atoms with Crippen molar-refractivity contribution in [3.63, 3.8) is 0 Å². The molecule has 2 rings (SSSR count). The topological polar surface area (TPSA) is 58.2 Å². The van der Waals surface area contributed by atoms with Crippen molar-refractivity contribution in [2.75, 3.05) is 6.54 Å². The number of amides is 2. The predicted molar refractivity (Wildman–Crippen MR) is 88.0 cm³/mol. The summed E-state index contributed by atoms with van der Waals surface area (Å²) in [6, 6.07) is 6.05.